The summed E-state index contributed by atoms with van der Waals surface area (Å²) in [5.41, 5.74) is 2.09. The third kappa shape index (κ3) is 5.39. The minimum Gasteiger partial charge on any atom is -0.379 e. The van der Waals surface area contributed by atoms with Gasteiger partial charge < -0.3 is 4.74 Å². The highest BCUT2D eigenvalue weighted by atomic mass is 32.2. The number of rotatable bonds is 7. The molecule has 27 heavy (non-hydrogen) atoms. The Morgan fingerprint density at radius 2 is 1.59 bits per heavy atom. The molecule has 3 rings (SSSR count). The van der Waals surface area contributed by atoms with Crippen molar-refractivity contribution >= 4 is 10.0 Å². The average molecular weight is 389 g/mol. The lowest BCUT2D eigenvalue weighted by molar-refractivity contribution is 0.0345. The summed E-state index contributed by atoms with van der Waals surface area (Å²) in [6.45, 7) is 7.81. The summed E-state index contributed by atoms with van der Waals surface area (Å²) in [4.78, 5) is 2.54. The van der Waals surface area contributed by atoms with E-state index in [0.717, 1.165) is 24.2 Å². The maximum Gasteiger partial charge on any atom is 0.241 e. The van der Waals surface area contributed by atoms with Gasteiger partial charge in [-0.25, -0.2) is 13.1 Å². The van der Waals surface area contributed by atoms with Crippen LogP contribution in [-0.4, -0.2) is 46.2 Å². The molecule has 1 atom stereocenters. The number of nitrogens with zero attached hydrogens (tertiary/aromatic N) is 1. The van der Waals surface area contributed by atoms with Gasteiger partial charge in [0.25, 0.3) is 0 Å². The first-order chi connectivity index (χ1) is 13.0. The normalized spacial score (nSPS) is 17.1. The number of morpholine rings is 1. The Bertz CT molecular complexity index is 814. The molecule has 0 radical (unpaired) electrons. The predicted octanol–water partition coefficient (Wildman–Crippen LogP) is 3.16. The summed E-state index contributed by atoms with van der Waals surface area (Å²) in [5.74, 6) is 0.369. The van der Waals surface area contributed by atoms with Gasteiger partial charge in [-0.1, -0.05) is 56.3 Å². The maximum atomic E-state index is 13.0. The molecule has 0 saturated carbocycles. The standard InChI is InChI=1S/C21H28N2O3S/c1-17(2)18-8-10-20(11-9-18)27(24,25)22-21(19-6-4-3-5-7-19)16-23-12-14-26-15-13-23/h3-11,17,21-22H,12-16H2,1-2H3/t21-/m0/s1. The molecule has 1 saturated heterocycles. The van der Waals surface area contributed by atoms with E-state index >= 15 is 0 Å². The van der Waals surface area contributed by atoms with Crippen molar-refractivity contribution in [3.05, 3.63) is 65.7 Å². The molecule has 0 spiro atoms. The first-order valence-electron chi connectivity index (χ1n) is 9.43. The number of hydrogen-bond donors (Lipinski definition) is 1. The van der Waals surface area contributed by atoms with Gasteiger partial charge in [-0.3, -0.25) is 4.90 Å². The summed E-state index contributed by atoms with van der Waals surface area (Å²) < 4.78 is 34.3. The zero-order chi connectivity index (χ0) is 19.3. The van der Waals surface area contributed by atoms with E-state index in [-0.39, 0.29) is 6.04 Å². The van der Waals surface area contributed by atoms with E-state index in [1.165, 1.54) is 0 Å². The van der Waals surface area contributed by atoms with Gasteiger partial charge >= 0.3 is 0 Å². The molecule has 2 aromatic carbocycles. The first-order valence-corrected chi connectivity index (χ1v) is 10.9. The zero-order valence-corrected chi connectivity index (χ0v) is 16.8. The van der Waals surface area contributed by atoms with Gasteiger partial charge in [-0.05, 0) is 29.2 Å². The smallest absolute Gasteiger partial charge is 0.241 e. The van der Waals surface area contributed by atoms with Crippen LogP contribution < -0.4 is 4.72 Å². The molecule has 0 aromatic heterocycles. The average Bonchev–Trinajstić information content (AvgIpc) is 2.69. The second-order valence-corrected chi connectivity index (χ2v) is 8.94. The van der Waals surface area contributed by atoms with Crippen LogP contribution in [0.3, 0.4) is 0 Å². The number of benzene rings is 2. The molecule has 1 aliphatic rings. The zero-order valence-electron chi connectivity index (χ0n) is 16.0. The number of hydrogen-bond acceptors (Lipinski definition) is 4. The molecule has 1 fully saturated rings. The van der Waals surface area contributed by atoms with Crippen LogP contribution in [0, 0.1) is 0 Å². The number of sulfonamides is 1. The predicted molar refractivity (Wildman–Crippen MR) is 107 cm³/mol. The second-order valence-electron chi connectivity index (χ2n) is 7.22. The summed E-state index contributed by atoms with van der Waals surface area (Å²) in [6.07, 6.45) is 0. The van der Waals surface area contributed by atoms with Crippen LogP contribution in [-0.2, 0) is 14.8 Å². The maximum absolute atomic E-state index is 13.0. The molecule has 1 heterocycles. The topological polar surface area (TPSA) is 58.6 Å². The van der Waals surface area contributed by atoms with Crippen molar-refractivity contribution in [2.75, 3.05) is 32.8 Å². The first kappa shape index (κ1) is 20.0. The van der Waals surface area contributed by atoms with Crippen LogP contribution in [0.4, 0.5) is 0 Å². The summed E-state index contributed by atoms with van der Waals surface area (Å²) in [6, 6.07) is 16.6. The molecule has 0 bridgehead atoms. The fraction of sp³-hybridized carbons (Fsp3) is 0.429. The lowest BCUT2D eigenvalue weighted by atomic mass is 10.0. The Morgan fingerprint density at radius 1 is 0.963 bits per heavy atom. The summed E-state index contributed by atoms with van der Waals surface area (Å²) in [7, 11) is -3.61. The highest BCUT2D eigenvalue weighted by Gasteiger charge is 2.24. The lowest BCUT2D eigenvalue weighted by Gasteiger charge is -2.31. The van der Waals surface area contributed by atoms with E-state index < -0.39 is 10.0 Å². The van der Waals surface area contributed by atoms with Gasteiger partial charge in [0, 0.05) is 19.6 Å². The van der Waals surface area contributed by atoms with Crippen molar-refractivity contribution in [1.82, 2.24) is 9.62 Å². The fourth-order valence-corrected chi connectivity index (χ4v) is 4.44. The molecular weight excluding hydrogens is 360 g/mol. The number of nitrogens with one attached hydrogen (secondary N) is 1. The minimum absolute atomic E-state index is 0.301. The Hall–Kier alpha value is -1.73. The molecule has 0 aliphatic carbocycles. The van der Waals surface area contributed by atoms with Crippen molar-refractivity contribution in [3.8, 4) is 0 Å². The molecule has 0 unspecified atom stereocenters. The van der Waals surface area contributed by atoms with Crippen LogP contribution in [0.15, 0.2) is 59.5 Å². The quantitative estimate of drug-likeness (QED) is 0.792. The van der Waals surface area contributed by atoms with Gasteiger partial charge in [0.15, 0.2) is 0 Å². The second kappa shape index (κ2) is 8.97. The molecule has 1 aliphatic heterocycles. The van der Waals surface area contributed by atoms with E-state index in [4.69, 9.17) is 4.74 Å². The highest BCUT2D eigenvalue weighted by molar-refractivity contribution is 7.89. The summed E-state index contributed by atoms with van der Waals surface area (Å²) in [5, 5.41) is 0. The molecule has 0 amide bonds. The van der Waals surface area contributed by atoms with E-state index in [1.54, 1.807) is 12.1 Å². The molecule has 5 nitrogen and oxygen atoms in total. The van der Waals surface area contributed by atoms with E-state index in [0.29, 0.717) is 30.6 Å². The van der Waals surface area contributed by atoms with Crippen LogP contribution >= 0.6 is 0 Å². The third-order valence-electron chi connectivity index (χ3n) is 4.90. The monoisotopic (exact) mass is 388 g/mol. The minimum atomic E-state index is -3.61. The van der Waals surface area contributed by atoms with Crippen molar-refractivity contribution in [1.29, 1.82) is 0 Å². The Labute approximate surface area is 162 Å². The van der Waals surface area contributed by atoms with Crippen LogP contribution in [0.2, 0.25) is 0 Å². The van der Waals surface area contributed by atoms with Gasteiger partial charge in [0.2, 0.25) is 10.0 Å². The molecule has 1 N–H and O–H groups in total. The molecule has 146 valence electrons. The van der Waals surface area contributed by atoms with E-state index in [1.807, 2.05) is 42.5 Å². The van der Waals surface area contributed by atoms with Gasteiger partial charge in [-0.2, -0.15) is 0 Å². The fourth-order valence-electron chi connectivity index (χ4n) is 3.23. The molecule has 2 aromatic rings. The number of ether oxygens (including phenoxy) is 1. The summed E-state index contributed by atoms with van der Waals surface area (Å²) >= 11 is 0. The Balaban J connectivity index is 1.81. The largest absolute Gasteiger partial charge is 0.379 e. The molecular formula is C21H28N2O3S. The van der Waals surface area contributed by atoms with Gasteiger partial charge in [-0.15, -0.1) is 0 Å². The lowest BCUT2D eigenvalue weighted by Crippen LogP contribution is -2.43. The van der Waals surface area contributed by atoms with Crippen LogP contribution in [0.25, 0.3) is 0 Å². The molecule has 6 heteroatoms. The highest BCUT2D eigenvalue weighted by Crippen LogP contribution is 2.21. The van der Waals surface area contributed by atoms with Gasteiger partial charge in [0.1, 0.15) is 0 Å². The Kier molecular flexibility index (Phi) is 6.65. The van der Waals surface area contributed by atoms with Crippen molar-refractivity contribution in [3.63, 3.8) is 0 Å². The van der Waals surface area contributed by atoms with Crippen LogP contribution in [0.1, 0.15) is 36.9 Å². The Morgan fingerprint density at radius 3 is 2.19 bits per heavy atom. The van der Waals surface area contributed by atoms with E-state index in [9.17, 15) is 8.42 Å². The van der Waals surface area contributed by atoms with Crippen molar-refractivity contribution < 1.29 is 13.2 Å². The van der Waals surface area contributed by atoms with Gasteiger partial charge in [0.05, 0.1) is 24.2 Å². The SMILES string of the molecule is CC(C)c1ccc(S(=O)(=O)N[C@@H](CN2CCOCC2)c2ccccc2)cc1. The van der Waals surface area contributed by atoms with E-state index in [2.05, 4.69) is 23.5 Å². The third-order valence-corrected chi connectivity index (χ3v) is 6.39. The van der Waals surface area contributed by atoms with Crippen LogP contribution in [0.5, 0.6) is 0 Å². The van der Waals surface area contributed by atoms with Crippen molar-refractivity contribution in [2.24, 2.45) is 0 Å². The van der Waals surface area contributed by atoms with Crippen molar-refractivity contribution in [2.45, 2.75) is 30.7 Å².